The highest BCUT2D eigenvalue weighted by atomic mass is 14.9. The molecule has 11 heavy (non-hydrogen) atoms. The van der Waals surface area contributed by atoms with Gasteiger partial charge in [0.15, 0.2) is 0 Å². The molecule has 1 unspecified atom stereocenters. The van der Waals surface area contributed by atoms with E-state index < -0.39 is 0 Å². The van der Waals surface area contributed by atoms with Gasteiger partial charge in [-0.15, -0.1) is 0 Å². The first-order valence-electron chi connectivity index (χ1n) is 4.30. The van der Waals surface area contributed by atoms with Gasteiger partial charge in [0.05, 0.1) is 0 Å². The summed E-state index contributed by atoms with van der Waals surface area (Å²) in [7, 11) is 0. The molecule has 0 aliphatic carbocycles. The first-order valence-corrected chi connectivity index (χ1v) is 4.30. The summed E-state index contributed by atoms with van der Waals surface area (Å²) >= 11 is 0. The van der Waals surface area contributed by atoms with Crippen LogP contribution >= 0.6 is 0 Å². The lowest BCUT2D eigenvalue weighted by Gasteiger charge is -2.31. The van der Waals surface area contributed by atoms with Crippen molar-refractivity contribution in [2.75, 3.05) is 0 Å². The third-order valence-corrected chi connectivity index (χ3v) is 1.87. The smallest absolute Gasteiger partial charge is 0.0303 e. The second kappa shape index (κ2) is 3.80. The van der Waals surface area contributed by atoms with Crippen molar-refractivity contribution in [1.82, 2.24) is 5.32 Å². The number of rotatable bonds is 3. The van der Waals surface area contributed by atoms with Gasteiger partial charge in [0.1, 0.15) is 0 Å². The second-order valence-electron chi connectivity index (χ2n) is 4.25. The Morgan fingerprint density at radius 3 is 2.00 bits per heavy atom. The third kappa shape index (κ3) is 4.07. The van der Waals surface area contributed by atoms with Gasteiger partial charge in [0, 0.05) is 11.7 Å². The quantitative estimate of drug-likeness (QED) is 0.660. The maximum absolute atomic E-state index is 3.85. The minimum absolute atomic E-state index is 0.327. The van der Waals surface area contributed by atoms with Gasteiger partial charge in [-0.25, -0.2) is 0 Å². The van der Waals surface area contributed by atoms with Crippen molar-refractivity contribution >= 4 is 0 Å². The minimum Gasteiger partial charge on any atom is -0.386 e. The highest BCUT2D eigenvalue weighted by Gasteiger charge is 2.21. The van der Waals surface area contributed by atoms with Crippen LogP contribution in [0.3, 0.4) is 0 Å². The van der Waals surface area contributed by atoms with Gasteiger partial charge >= 0.3 is 0 Å². The van der Waals surface area contributed by atoms with E-state index >= 15 is 0 Å². The Hall–Kier alpha value is -0.460. The average Bonchev–Trinajstić information content (AvgIpc) is 1.79. The van der Waals surface area contributed by atoms with Crippen molar-refractivity contribution in [2.24, 2.45) is 5.41 Å². The number of nitrogens with one attached hydrogen (secondary N) is 1. The lowest BCUT2D eigenvalue weighted by Crippen LogP contribution is -2.38. The summed E-state index contributed by atoms with van der Waals surface area (Å²) in [5.41, 5.74) is 1.39. The molecule has 0 bridgehead atoms. The molecule has 0 aliphatic rings. The van der Waals surface area contributed by atoms with E-state index in [4.69, 9.17) is 0 Å². The summed E-state index contributed by atoms with van der Waals surface area (Å²) in [4.78, 5) is 0. The number of hydrogen-bond donors (Lipinski definition) is 1. The first-order chi connectivity index (χ1) is 4.88. The highest BCUT2D eigenvalue weighted by molar-refractivity contribution is 4.92. The van der Waals surface area contributed by atoms with Gasteiger partial charge in [-0.05, 0) is 18.8 Å². The normalized spacial score (nSPS) is 14.3. The predicted octanol–water partition coefficient (Wildman–Crippen LogP) is 2.93. The summed E-state index contributed by atoms with van der Waals surface area (Å²) < 4.78 is 0. The van der Waals surface area contributed by atoms with Crippen LogP contribution in [-0.2, 0) is 0 Å². The topological polar surface area (TPSA) is 12.0 Å². The van der Waals surface area contributed by atoms with E-state index in [2.05, 4.69) is 39.6 Å². The van der Waals surface area contributed by atoms with Crippen LogP contribution in [0.2, 0.25) is 0 Å². The first kappa shape index (κ1) is 10.5. The summed E-state index contributed by atoms with van der Waals surface area (Å²) in [5, 5.41) is 3.38. The van der Waals surface area contributed by atoms with Gasteiger partial charge in [-0.2, -0.15) is 0 Å². The van der Waals surface area contributed by atoms with Crippen LogP contribution in [0.25, 0.3) is 0 Å². The van der Waals surface area contributed by atoms with E-state index in [0.29, 0.717) is 11.5 Å². The van der Waals surface area contributed by atoms with Crippen LogP contribution < -0.4 is 5.32 Å². The van der Waals surface area contributed by atoms with E-state index in [1.54, 1.807) is 0 Å². The predicted molar refractivity (Wildman–Crippen MR) is 51.5 cm³/mol. The Labute approximate surface area is 70.9 Å². The third-order valence-electron chi connectivity index (χ3n) is 1.87. The zero-order valence-corrected chi connectivity index (χ0v) is 8.49. The van der Waals surface area contributed by atoms with Crippen LogP contribution in [0.5, 0.6) is 0 Å². The molecule has 0 aliphatic heterocycles. The molecule has 0 radical (unpaired) electrons. The van der Waals surface area contributed by atoms with Gasteiger partial charge in [-0.1, -0.05) is 34.3 Å². The molecule has 0 saturated heterocycles. The van der Waals surface area contributed by atoms with Crippen molar-refractivity contribution in [3.63, 3.8) is 0 Å². The van der Waals surface area contributed by atoms with E-state index in [1.807, 2.05) is 6.92 Å². The maximum atomic E-state index is 3.85. The molecule has 0 saturated carbocycles. The van der Waals surface area contributed by atoms with E-state index in [1.165, 1.54) is 0 Å². The van der Waals surface area contributed by atoms with Gasteiger partial charge in [0.2, 0.25) is 0 Å². The summed E-state index contributed by atoms with van der Waals surface area (Å²) in [6.45, 7) is 14.8. The van der Waals surface area contributed by atoms with Crippen molar-refractivity contribution in [2.45, 2.75) is 47.1 Å². The molecule has 1 nitrogen and oxygen atoms in total. The van der Waals surface area contributed by atoms with E-state index in [-0.39, 0.29) is 0 Å². The van der Waals surface area contributed by atoms with Crippen molar-refractivity contribution < 1.29 is 0 Å². The molecular formula is C10H21N. The monoisotopic (exact) mass is 155 g/mol. The van der Waals surface area contributed by atoms with E-state index in [0.717, 1.165) is 12.1 Å². The van der Waals surface area contributed by atoms with Crippen molar-refractivity contribution in [3.8, 4) is 0 Å². The number of hydrogen-bond acceptors (Lipinski definition) is 1. The number of allylic oxidation sites excluding steroid dienone is 1. The zero-order valence-electron chi connectivity index (χ0n) is 8.49. The Bertz CT molecular complexity index is 130. The molecule has 0 aromatic heterocycles. The molecule has 0 amide bonds. The Kier molecular flexibility index (Phi) is 3.64. The Morgan fingerprint density at radius 2 is 1.91 bits per heavy atom. The average molecular weight is 155 g/mol. The maximum Gasteiger partial charge on any atom is 0.0303 e. The highest BCUT2D eigenvalue weighted by Crippen LogP contribution is 2.21. The molecule has 66 valence electrons. The lowest BCUT2D eigenvalue weighted by molar-refractivity contribution is 0.277. The fourth-order valence-corrected chi connectivity index (χ4v) is 1.23. The summed E-state index contributed by atoms with van der Waals surface area (Å²) in [6.07, 6.45) is 1.15. The van der Waals surface area contributed by atoms with Crippen molar-refractivity contribution in [3.05, 3.63) is 12.3 Å². The summed E-state index contributed by atoms with van der Waals surface area (Å²) in [6, 6.07) is 0.542. The molecule has 1 N–H and O–H groups in total. The van der Waals surface area contributed by atoms with Gasteiger partial charge in [0.25, 0.3) is 0 Å². The van der Waals surface area contributed by atoms with Crippen LogP contribution in [0.15, 0.2) is 12.3 Å². The SMILES string of the molecule is C=C(C)NC(CC)C(C)(C)C. The van der Waals surface area contributed by atoms with Crippen LogP contribution in [0, 0.1) is 5.41 Å². The molecular weight excluding hydrogens is 134 g/mol. The molecule has 0 heterocycles. The molecule has 0 aromatic carbocycles. The van der Waals surface area contributed by atoms with Crippen molar-refractivity contribution in [1.29, 1.82) is 0 Å². The molecule has 0 rings (SSSR count). The van der Waals surface area contributed by atoms with E-state index in [9.17, 15) is 0 Å². The molecule has 0 aromatic rings. The fraction of sp³-hybridized carbons (Fsp3) is 0.800. The standard InChI is InChI=1S/C10H21N/c1-7-9(10(4,5)6)11-8(2)3/h9,11H,2,7H2,1,3-6H3. The van der Waals surface area contributed by atoms with Crippen LogP contribution in [0.1, 0.15) is 41.0 Å². The zero-order chi connectivity index (χ0) is 9.07. The molecule has 1 heteroatoms. The molecule has 0 fully saturated rings. The minimum atomic E-state index is 0.327. The van der Waals surface area contributed by atoms with Gasteiger partial charge in [-0.3, -0.25) is 0 Å². The lowest BCUT2D eigenvalue weighted by atomic mass is 9.85. The second-order valence-corrected chi connectivity index (χ2v) is 4.25. The van der Waals surface area contributed by atoms with Crippen LogP contribution in [0.4, 0.5) is 0 Å². The Balaban J connectivity index is 4.07. The van der Waals surface area contributed by atoms with Crippen LogP contribution in [-0.4, -0.2) is 6.04 Å². The molecule has 0 spiro atoms. The Morgan fingerprint density at radius 1 is 1.45 bits per heavy atom. The largest absolute Gasteiger partial charge is 0.386 e. The fourth-order valence-electron chi connectivity index (χ4n) is 1.23. The van der Waals surface area contributed by atoms with Gasteiger partial charge < -0.3 is 5.32 Å². The molecule has 1 atom stereocenters. The summed E-state index contributed by atoms with van der Waals surface area (Å²) in [5.74, 6) is 0.